The number of aliphatic hydroxyl groups excluding tert-OH is 25. The van der Waals surface area contributed by atoms with Gasteiger partial charge in [-0.2, -0.15) is 0 Å². The normalized spacial score (nSPS) is 45.3. The maximum Gasteiger partial charge on any atom is 0.364 e. The lowest BCUT2D eigenvalue weighted by Gasteiger charge is -2.52. The summed E-state index contributed by atoms with van der Waals surface area (Å²) in [6.07, 6.45) is -88.3. The van der Waals surface area contributed by atoms with Gasteiger partial charge in [0.25, 0.3) is 5.79 Å². The van der Waals surface area contributed by atoms with Crippen molar-refractivity contribution in [1.82, 2.24) is 16.0 Å². The van der Waals surface area contributed by atoms with Crippen molar-refractivity contribution in [3.63, 3.8) is 0 Å². The molecule has 0 aromatic rings. The standard InChI is InChI=1S/C65H109N3O48/c1-16-34(82)42(90)46(94)59(102-16)113-54-33(68-20(5)77)58(107-28(13-74)52(54)112-63-56(45(93)38(86)26(11-72)105-63)115-60-47(95)43(91)35(83)17(2)103-60)114-55-40(88)29(108-62(49(55)97)110-50(24(81)10-71)36(84)22(79)8-69)14-100-57-32(67-19(4)76)41(89)51(27(12-73)106-57)111-61-48(96)44(92)39(87)30(109-61)15-101-65(64(98)99)7-25(104-21(6)78)31(66-18(3)75)53(116-65)37(85)23(80)9-70/h16-17,22-63,69-74,79-97H,7-15H2,1-6H3,(H,66,75)(H,67,76)(H,68,77)(H,98,99)/t16-,17-,22-,23+,24+,25-,26+,27+,28+,29+,30+,31+,32+,33+,34+,35+,36+,37+,38-,39-,40-,41+,42+,43+,44-,45-,46-,47-,48+,49+,50+,51+,52+,53+,54+,55-,56+,57+,58-,59-,60-,61-,62-,63-,65+/m0/s1. The number of aliphatic carboxylic acids is 1. The summed E-state index contributed by atoms with van der Waals surface area (Å²) in [5.41, 5.74) is 0. The predicted molar refractivity (Wildman–Crippen MR) is 358 cm³/mol. The van der Waals surface area contributed by atoms with E-state index in [2.05, 4.69) is 16.0 Å². The largest absolute Gasteiger partial charge is 0.477 e. The van der Waals surface area contributed by atoms with Crippen LogP contribution in [0.2, 0.25) is 0 Å². The number of amides is 3. The van der Waals surface area contributed by atoms with Crippen LogP contribution in [0.1, 0.15) is 48.0 Å². The first kappa shape index (κ1) is 97.2. The molecule has 0 radical (unpaired) electrons. The number of carboxylic acid groups (broad SMARTS) is 1. The van der Waals surface area contributed by atoms with E-state index in [1.54, 1.807) is 0 Å². The summed E-state index contributed by atoms with van der Waals surface area (Å²) in [5.74, 6) is -9.12. The smallest absolute Gasteiger partial charge is 0.364 e. The van der Waals surface area contributed by atoms with E-state index in [0.29, 0.717) is 0 Å². The molecule has 51 heteroatoms. The van der Waals surface area contributed by atoms with E-state index in [-0.39, 0.29) is 0 Å². The number of rotatable bonds is 34. The molecule has 0 saturated carbocycles. The Kier molecular flexibility index (Phi) is 35.3. The van der Waals surface area contributed by atoms with Crippen molar-refractivity contribution in [3.8, 4) is 0 Å². The Morgan fingerprint density at radius 3 is 1.37 bits per heavy atom. The Morgan fingerprint density at radius 2 is 0.845 bits per heavy atom. The summed E-state index contributed by atoms with van der Waals surface area (Å²) in [5, 5.41) is 293. The molecule has 0 aromatic carbocycles. The number of ether oxygens (including phenoxy) is 17. The number of carboxylic acids is 1. The van der Waals surface area contributed by atoms with Crippen LogP contribution >= 0.6 is 0 Å². The lowest BCUT2D eigenvalue weighted by Crippen LogP contribution is -2.71. The van der Waals surface area contributed by atoms with Crippen molar-refractivity contribution < 1.29 is 237 Å². The molecule has 0 unspecified atom stereocenters. The molecule has 672 valence electrons. The van der Waals surface area contributed by atoms with Crippen molar-refractivity contribution in [2.45, 2.75) is 323 Å². The molecule has 8 fully saturated rings. The van der Waals surface area contributed by atoms with E-state index in [1.165, 1.54) is 13.8 Å². The van der Waals surface area contributed by atoms with E-state index < -0.39 is 364 Å². The summed E-state index contributed by atoms with van der Waals surface area (Å²) in [6.45, 7) is -3.62. The molecule has 29 N–H and O–H groups in total. The van der Waals surface area contributed by atoms with Crippen LogP contribution in [0.5, 0.6) is 0 Å². The van der Waals surface area contributed by atoms with Gasteiger partial charge in [0.1, 0.15) is 207 Å². The highest BCUT2D eigenvalue weighted by Crippen LogP contribution is 2.41. The van der Waals surface area contributed by atoms with Gasteiger partial charge in [-0.15, -0.1) is 0 Å². The van der Waals surface area contributed by atoms with Crippen LogP contribution in [0, 0.1) is 0 Å². The van der Waals surface area contributed by atoms with Gasteiger partial charge in [0.15, 0.2) is 44.0 Å². The maximum atomic E-state index is 13.6. The van der Waals surface area contributed by atoms with E-state index in [1.807, 2.05) is 0 Å². The van der Waals surface area contributed by atoms with Crippen LogP contribution in [0.3, 0.4) is 0 Å². The summed E-state index contributed by atoms with van der Waals surface area (Å²) in [7, 11) is 0. The Morgan fingerprint density at radius 1 is 0.405 bits per heavy atom. The predicted octanol–water partition coefficient (Wildman–Crippen LogP) is -18.7. The van der Waals surface area contributed by atoms with Crippen LogP contribution in [-0.2, 0) is 104 Å². The molecule has 0 aromatic heterocycles. The summed E-state index contributed by atoms with van der Waals surface area (Å²) in [6, 6.07) is -5.74. The van der Waals surface area contributed by atoms with Crippen molar-refractivity contribution >= 4 is 29.7 Å². The number of aliphatic hydroxyl groups is 25. The van der Waals surface area contributed by atoms with Gasteiger partial charge in [-0.1, -0.05) is 0 Å². The van der Waals surface area contributed by atoms with E-state index in [0.717, 1.165) is 27.7 Å². The van der Waals surface area contributed by atoms with Gasteiger partial charge in [-0.25, -0.2) is 4.79 Å². The van der Waals surface area contributed by atoms with Gasteiger partial charge >= 0.3 is 11.9 Å². The van der Waals surface area contributed by atoms with Crippen molar-refractivity contribution in [1.29, 1.82) is 0 Å². The zero-order valence-corrected chi connectivity index (χ0v) is 62.9. The van der Waals surface area contributed by atoms with E-state index in [9.17, 15) is 157 Å². The fraction of sp³-hybridized carbons (Fsp3) is 0.923. The minimum Gasteiger partial charge on any atom is -0.477 e. The van der Waals surface area contributed by atoms with Crippen LogP contribution in [0.4, 0.5) is 0 Å². The monoisotopic (exact) mass is 1700 g/mol. The van der Waals surface area contributed by atoms with Crippen LogP contribution < -0.4 is 16.0 Å². The fourth-order valence-corrected chi connectivity index (χ4v) is 14.4. The molecule has 8 heterocycles. The first-order valence-corrected chi connectivity index (χ1v) is 36.8. The molecule has 8 rings (SSSR count). The minimum atomic E-state index is -3.11. The number of hydrogen-bond acceptors (Lipinski definition) is 47. The number of esters is 1. The molecular formula is C65H109N3O48. The average molecular weight is 1700 g/mol. The quantitative estimate of drug-likeness (QED) is 0.0266. The second-order valence-corrected chi connectivity index (χ2v) is 29.2. The summed E-state index contributed by atoms with van der Waals surface area (Å²) in [4.78, 5) is 64.6. The average Bonchev–Trinajstić information content (AvgIpc) is 0.800. The molecule has 8 aliphatic heterocycles. The molecule has 3 amide bonds. The minimum absolute atomic E-state index is 0.848. The first-order chi connectivity index (χ1) is 54.5. The Hall–Kier alpha value is -4.29. The Bertz CT molecular complexity index is 3110. The molecule has 0 aliphatic carbocycles. The van der Waals surface area contributed by atoms with Crippen LogP contribution in [0.25, 0.3) is 0 Å². The third kappa shape index (κ3) is 22.0. The molecule has 8 saturated heterocycles. The number of carbonyl (C=O) groups is 5. The summed E-state index contributed by atoms with van der Waals surface area (Å²) < 4.78 is 101. The number of hydrogen-bond donors (Lipinski definition) is 29. The SMILES string of the molecule is CC(=O)N[C@H]1[C@H](OC[C@H]2O[C@@H](O[C@@H]([C@H](O)[C@@H](O)CO)[C@H](O)CO)[C@H](O)[C@@H](O[C@@H]3O[C@H](CO)[C@@H](O[C@@H]4O[C@H](CO)[C@H](O)[C@H](O)[C@H]4O[C@@H]4O[C@@H](C)[C@@H](O)[C@@H](O)[C@@H]4O)[C@H](O[C@@H]4O[C@@H](C)[C@@H](O)[C@@H](O)[C@@H]4O)[C@H]3NC(C)=O)[C@H]2O)O[C@H](CO)[C@@H](O[C@@H]2O[C@H](CO[C@]3(C(=O)O)C[C@H](OC(C)=O)[C@@H](NC(C)=O)[C@H]([C@H](O)[C@H](O)CO)O3)[C@H](O)[C@H](O)[C@H]2O)[C@@H]1O. The number of carbonyl (C=O) groups excluding carboxylic acids is 4. The highest BCUT2D eigenvalue weighted by molar-refractivity contribution is 5.77. The van der Waals surface area contributed by atoms with Crippen molar-refractivity contribution in [3.05, 3.63) is 0 Å². The zero-order valence-electron chi connectivity index (χ0n) is 62.9. The lowest BCUT2D eigenvalue weighted by atomic mass is 9.88. The molecule has 0 bridgehead atoms. The van der Waals surface area contributed by atoms with Gasteiger partial charge in [0.2, 0.25) is 17.7 Å². The molecule has 116 heavy (non-hydrogen) atoms. The van der Waals surface area contributed by atoms with Crippen molar-refractivity contribution in [2.24, 2.45) is 0 Å². The van der Waals surface area contributed by atoms with Crippen LogP contribution in [0.15, 0.2) is 0 Å². The third-order valence-corrected chi connectivity index (χ3v) is 20.8. The first-order valence-electron chi connectivity index (χ1n) is 36.8. The van der Waals surface area contributed by atoms with E-state index >= 15 is 0 Å². The second kappa shape index (κ2) is 42.2. The molecule has 8 aliphatic rings. The fourth-order valence-electron chi connectivity index (χ4n) is 14.4. The van der Waals surface area contributed by atoms with Crippen molar-refractivity contribution in [2.75, 3.05) is 52.9 Å². The Balaban J connectivity index is 1.11. The molecule has 0 spiro atoms. The molecule has 51 nitrogen and oxygen atoms in total. The van der Waals surface area contributed by atoms with Gasteiger partial charge in [-0.05, 0) is 13.8 Å². The highest BCUT2D eigenvalue weighted by atomic mass is 16.8. The second-order valence-electron chi connectivity index (χ2n) is 29.2. The van der Waals surface area contributed by atoms with Gasteiger partial charge < -0.3 is 229 Å². The maximum absolute atomic E-state index is 13.6. The van der Waals surface area contributed by atoms with E-state index in [4.69, 9.17) is 80.5 Å². The third-order valence-electron chi connectivity index (χ3n) is 20.8. The lowest BCUT2D eigenvalue weighted by molar-refractivity contribution is -0.400. The zero-order chi connectivity index (χ0) is 86.3. The summed E-state index contributed by atoms with van der Waals surface area (Å²) >= 11 is 0. The topological polar surface area (TPSA) is 804 Å². The molecule has 45 atom stereocenters. The van der Waals surface area contributed by atoms with Gasteiger partial charge in [0.05, 0.1) is 77.5 Å². The van der Waals surface area contributed by atoms with Gasteiger partial charge in [-0.3, -0.25) is 19.2 Å². The number of nitrogens with one attached hydrogen (secondary N) is 3. The highest BCUT2D eigenvalue weighted by Gasteiger charge is 2.62. The van der Waals surface area contributed by atoms with Crippen LogP contribution in [-0.4, -0.2) is 491 Å². The Labute approximate surface area is 657 Å². The van der Waals surface area contributed by atoms with Gasteiger partial charge in [0, 0.05) is 27.7 Å². The molecular weight excluding hydrogens is 1590 g/mol.